The number of nitrogens with zero attached hydrogens (tertiary/aromatic N) is 4. The van der Waals surface area contributed by atoms with Gasteiger partial charge in [0.05, 0.1) is 12.2 Å². The topological polar surface area (TPSA) is 98.7 Å². The molecule has 0 saturated heterocycles. The first kappa shape index (κ1) is 18.8. The number of halogens is 1. The fraction of sp³-hybridized carbons (Fsp3) is 0.600. The number of amides is 1. The summed E-state index contributed by atoms with van der Waals surface area (Å²) in [5, 5.41) is 7.83. The highest BCUT2D eigenvalue weighted by molar-refractivity contribution is 5.76. The smallest absolute Gasteiger partial charge is 0.223 e. The van der Waals surface area contributed by atoms with E-state index < -0.39 is 5.82 Å². The van der Waals surface area contributed by atoms with Crippen molar-refractivity contribution in [2.75, 3.05) is 5.32 Å². The molecule has 7 nitrogen and oxygen atoms in total. The Morgan fingerprint density at radius 3 is 2.79 bits per heavy atom. The zero-order valence-electron chi connectivity index (χ0n) is 16.0. The Morgan fingerprint density at radius 1 is 1.18 bits per heavy atom. The molecule has 8 heteroatoms. The van der Waals surface area contributed by atoms with Crippen LogP contribution < -0.4 is 11.1 Å². The molecule has 2 aromatic rings. The van der Waals surface area contributed by atoms with Crippen molar-refractivity contribution in [2.45, 2.75) is 69.9 Å². The van der Waals surface area contributed by atoms with E-state index in [1.165, 1.54) is 25.5 Å². The van der Waals surface area contributed by atoms with Crippen LogP contribution in [0.25, 0.3) is 11.4 Å². The second kappa shape index (κ2) is 8.24. The number of carbonyl (C=O) groups excluding carboxylic acids is 1. The quantitative estimate of drug-likeness (QED) is 0.820. The fourth-order valence-electron chi connectivity index (χ4n) is 4.39. The first-order valence-corrected chi connectivity index (χ1v) is 10.2. The Hall–Kier alpha value is -2.51. The molecule has 2 heterocycles. The van der Waals surface area contributed by atoms with Gasteiger partial charge in [0.2, 0.25) is 11.9 Å². The molecule has 0 aromatic carbocycles. The fourth-order valence-corrected chi connectivity index (χ4v) is 4.39. The third-order valence-electron chi connectivity index (χ3n) is 5.95. The van der Waals surface area contributed by atoms with Crippen LogP contribution in [0.3, 0.4) is 0 Å². The van der Waals surface area contributed by atoms with E-state index in [2.05, 4.69) is 20.4 Å². The third kappa shape index (κ3) is 4.15. The minimum atomic E-state index is -0.488. The summed E-state index contributed by atoms with van der Waals surface area (Å²) >= 11 is 0. The van der Waals surface area contributed by atoms with Crippen LogP contribution >= 0.6 is 0 Å². The molecule has 150 valence electrons. The van der Waals surface area contributed by atoms with Gasteiger partial charge in [-0.05, 0) is 38.2 Å². The van der Waals surface area contributed by atoms with Crippen LogP contribution in [0.15, 0.2) is 18.5 Å². The molecule has 2 saturated carbocycles. The zero-order chi connectivity index (χ0) is 19.5. The van der Waals surface area contributed by atoms with Crippen molar-refractivity contribution in [2.24, 2.45) is 11.7 Å². The highest BCUT2D eigenvalue weighted by Gasteiger charge is 2.26. The molecule has 0 unspecified atom stereocenters. The Kier molecular flexibility index (Phi) is 5.54. The molecule has 0 bridgehead atoms. The summed E-state index contributed by atoms with van der Waals surface area (Å²) in [6.45, 7) is 0. The van der Waals surface area contributed by atoms with Crippen molar-refractivity contribution in [3.63, 3.8) is 0 Å². The number of hydrogen-bond acceptors (Lipinski definition) is 5. The number of aromatic nitrogens is 4. The molecular weight excluding hydrogens is 359 g/mol. The van der Waals surface area contributed by atoms with E-state index in [0.29, 0.717) is 24.1 Å². The summed E-state index contributed by atoms with van der Waals surface area (Å²) in [7, 11) is 0. The summed E-state index contributed by atoms with van der Waals surface area (Å²) < 4.78 is 16.3. The maximum atomic E-state index is 14.4. The molecule has 0 spiro atoms. The van der Waals surface area contributed by atoms with Crippen molar-refractivity contribution in [1.29, 1.82) is 0 Å². The summed E-state index contributed by atoms with van der Waals surface area (Å²) in [4.78, 5) is 19.9. The number of nitrogens with two attached hydrogens (primary N) is 1. The van der Waals surface area contributed by atoms with Crippen LogP contribution in [0.1, 0.15) is 63.8 Å². The van der Waals surface area contributed by atoms with Crippen LogP contribution in [-0.4, -0.2) is 31.7 Å². The summed E-state index contributed by atoms with van der Waals surface area (Å²) in [5.41, 5.74) is 6.17. The minimum absolute atomic E-state index is 0.0596. The van der Waals surface area contributed by atoms with Gasteiger partial charge in [0.1, 0.15) is 11.4 Å². The van der Waals surface area contributed by atoms with Gasteiger partial charge in [-0.3, -0.25) is 9.48 Å². The largest absolute Gasteiger partial charge is 0.369 e. The molecule has 0 radical (unpaired) electrons. The molecule has 4 rings (SSSR count). The average molecular weight is 386 g/mol. The number of nitrogens with one attached hydrogen (secondary N) is 1. The first-order valence-electron chi connectivity index (χ1n) is 10.2. The van der Waals surface area contributed by atoms with Crippen molar-refractivity contribution >= 4 is 11.9 Å². The van der Waals surface area contributed by atoms with Crippen molar-refractivity contribution in [3.05, 3.63) is 24.3 Å². The molecule has 3 N–H and O–H groups in total. The lowest BCUT2D eigenvalue weighted by atomic mass is 9.85. The van der Waals surface area contributed by atoms with Crippen LogP contribution in [0.5, 0.6) is 0 Å². The van der Waals surface area contributed by atoms with Gasteiger partial charge in [-0.1, -0.05) is 25.7 Å². The lowest BCUT2D eigenvalue weighted by molar-refractivity contribution is -0.122. The second-order valence-electron chi connectivity index (χ2n) is 7.97. The van der Waals surface area contributed by atoms with E-state index in [4.69, 9.17) is 5.73 Å². The van der Waals surface area contributed by atoms with Gasteiger partial charge in [0, 0.05) is 18.2 Å². The Bertz CT molecular complexity index is 832. The van der Waals surface area contributed by atoms with E-state index >= 15 is 0 Å². The van der Waals surface area contributed by atoms with E-state index in [9.17, 15) is 9.18 Å². The highest BCUT2D eigenvalue weighted by Crippen LogP contribution is 2.30. The summed E-state index contributed by atoms with van der Waals surface area (Å²) in [6, 6.07) is 2.26. The number of primary amides is 1. The van der Waals surface area contributed by atoms with Crippen LogP contribution in [0.4, 0.5) is 10.3 Å². The van der Waals surface area contributed by atoms with Crippen LogP contribution in [0.2, 0.25) is 0 Å². The lowest BCUT2D eigenvalue weighted by Gasteiger charge is -2.27. The molecule has 2 aliphatic carbocycles. The molecule has 0 aliphatic heterocycles. The molecule has 2 aliphatic rings. The van der Waals surface area contributed by atoms with Gasteiger partial charge in [-0.2, -0.15) is 5.10 Å². The SMILES string of the molecule is NC(=O)[C@H]1CCC[C@@H](Nc2ncc(F)c(-c3ccn(C4CCCCC4)n3)n2)C1. The van der Waals surface area contributed by atoms with Gasteiger partial charge >= 0.3 is 0 Å². The minimum Gasteiger partial charge on any atom is -0.369 e. The molecule has 1 amide bonds. The third-order valence-corrected chi connectivity index (χ3v) is 5.95. The van der Waals surface area contributed by atoms with Crippen molar-refractivity contribution in [1.82, 2.24) is 19.7 Å². The van der Waals surface area contributed by atoms with Gasteiger partial charge < -0.3 is 11.1 Å². The van der Waals surface area contributed by atoms with E-state index in [0.717, 1.165) is 32.1 Å². The lowest BCUT2D eigenvalue weighted by Crippen LogP contribution is -2.34. The molecule has 2 atom stereocenters. The van der Waals surface area contributed by atoms with Gasteiger partial charge in [0.25, 0.3) is 0 Å². The van der Waals surface area contributed by atoms with Gasteiger partial charge in [0.15, 0.2) is 5.82 Å². The van der Waals surface area contributed by atoms with Crippen LogP contribution in [0, 0.1) is 11.7 Å². The molecule has 2 aromatic heterocycles. The normalized spacial score (nSPS) is 23.5. The maximum absolute atomic E-state index is 14.4. The monoisotopic (exact) mass is 386 g/mol. The average Bonchev–Trinajstić information content (AvgIpc) is 3.20. The number of rotatable bonds is 5. The summed E-state index contributed by atoms with van der Waals surface area (Å²) in [5.74, 6) is -0.519. The van der Waals surface area contributed by atoms with Crippen molar-refractivity contribution in [3.8, 4) is 11.4 Å². The molecule has 28 heavy (non-hydrogen) atoms. The standard InChI is InChI=1S/C20H27FN6O/c21-16-12-23-20(24-14-6-4-5-13(11-14)19(22)28)25-18(16)17-9-10-27(26-17)15-7-2-1-3-8-15/h9-10,12-15H,1-8,11H2,(H2,22,28)(H,23,24,25)/t13-,14+/m0/s1. The Balaban J connectivity index is 1.49. The van der Waals surface area contributed by atoms with E-state index in [1.54, 1.807) is 0 Å². The van der Waals surface area contributed by atoms with Crippen LogP contribution in [-0.2, 0) is 4.79 Å². The molecular formula is C20H27FN6O. The number of carbonyl (C=O) groups is 1. The molecule has 2 fully saturated rings. The Labute approximate surface area is 163 Å². The Morgan fingerprint density at radius 2 is 2.00 bits per heavy atom. The number of anilines is 1. The second-order valence-corrected chi connectivity index (χ2v) is 7.97. The van der Waals surface area contributed by atoms with Crippen molar-refractivity contribution < 1.29 is 9.18 Å². The summed E-state index contributed by atoms with van der Waals surface area (Å²) in [6.07, 6.45) is 12.3. The van der Waals surface area contributed by atoms with E-state index in [-0.39, 0.29) is 23.6 Å². The zero-order valence-corrected chi connectivity index (χ0v) is 16.0. The predicted molar refractivity (Wildman–Crippen MR) is 104 cm³/mol. The number of hydrogen-bond donors (Lipinski definition) is 2. The predicted octanol–water partition coefficient (Wildman–Crippen LogP) is 3.44. The maximum Gasteiger partial charge on any atom is 0.223 e. The highest BCUT2D eigenvalue weighted by atomic mass is 19.1. The van der Waals surface area contributed by atoms with Gasteiger partial charge in [-0.15, -0.1) is 0 Å². The first-order chi connectivity index (χ1) is 13.6. The van der Waals surface area contributed by atoms with E-state index in [1.807, 2.05) is 16.9 Å². The van der Waals surface area contributed by atoms with Gasteiger partial charge in [-0.25, -0.2) is 14.4 Å².